The lowest BCUT2D eigenvalue weighted by molar-refractivity contribution is 0.244. The second-order valence-electron chi connectivity index (χ2n) is 4.02. The predicted molar refractivity (Wildman–Crippen MR) is 76.8 cm³/mol. The minimum atomic E-state index is -0.710. The summed E-state index contributed by atoms with van der Waals surface area (Å²) in [6.45, 7) is 0.270. The Morgan fingerprint density at radius 3 is 2.48 bits per heavy atom. The largest absolute Gasteiger partial charge is 0.364 e. The van der Waals surface area contributed by atoms with Crippen LogP contribution in [0.5, 0.6) is 0 Å². The van der Waals surface area contributed by atoms with Gasteiger partial charge < -0.3 is 10.6 Å². The van der Waals surface area contributed by atoms with Crippen LogP contribution in [0.4, 0.5) is 15.3 Å². The number of azo groups is 1. The maximum Gasteiger partial charge on any atom is 0.364 e. The van der Waals surface area contributed by atoms with Crippen molar-refractivity contribution in [1.82, 2.24) is 10.3 Å². The Hall–Kier alpha value is -3.09. The van der Waals surface area contributed by atoms with Gasteiger partial charge in [-0.3, -0.25) is 4.98 Å². The van der Waals surface area contributed by atoms with Crippen molar-refractivity contribution in [2.45, 2.75) is 6.54 Å². The number of rotatable bonds is 3. The number of anilines is 1. The molecule has 0 saturated carbocycles. The molecular formula is C14H13N5O2. The number of benzene rings is 1. The lowest BCUT2D eigenvalue weighted by Gasteiger charge is -2.01. The Bertz CT molecular complexity index is 628. The number of hydrogen-bond acceptors (Lipinski definition) is 3. The van der Waals surface area contributed by atoms with Gasteiger partial charge in [-0.05, 0) is 23.8 Å². The van der Waals surface area contributed by atoms with Crippen LogP contribution in [0.25, 0.3) is 0 Å². The fraction of sp³-hybridized carbons (Fsp3) is 0.0714. The van der Waals surface area contributed by atoms with Crippen LogP contribution in [0.2, 0.25) is 0 Å². The first-order valence-electron chi connectivity index (χ1n) is 6.18. The zero-order chi connectivity index (χ0) is 14.9. The first-order valence-corrected chi connectivity index (χ1v) is 6.18. The van der Waals surface area contributed by atoms with Crippen LogP contribution in [0.3, 0.4) is 0 Å². The van der Waals surface area contributed by atoms with E-state index in [9.17, 15) is 9.59 Å². The summed E-state index contributed by atoms with van der Waals surface area (Å²) >= 11 is 0. The average molecular weight is 283 g/mol. The molecule has 0 spiro atoms. The lowest BCUT2D eigenvalue weighted by Crippen LogP contribution is -2.19. The van der Waals surface area contributed by atoms with Gasteiger partial charge in [-0.2, -0.15) is 0 Å². The molecule has 7 nitrogen and oxygen atoms in total. The van der Waals surface area contributed by atoms with E-state index >= 15 is 0 Å². The number of amides is 4. The third-order valence-corrected chi connectivity index (χ3v) is 2.42. The first-order chi connectivity index (χ1) is 10.2. The summed E-state index contributed by atoms with van der Waals surface area (Å²) in [6, 6.07) is 10.9. The highest BCUT2D eigenvalue weighted by Crippen LogP contribution is 2.05. The molecule has 0 fully saturated rings. The van der Waals surface area contributed by atoms with Gasteiger partial charge in [-0.25, -0.2) is 9.59 Å². The molecule has 2 N–H and O–H groups in total. The van der Waals surface area contributed by atoms with E-state index in [1.807, 2.05) is 12.1 Å². The number of carbonyl (C=O) groups is 2. The van der Waals surface area contributed by atoms with Crippen LogP contribution < -0.4 is 10.6 Å². The summed E-state index contributed by atoms with van der Waals surface area (Å²) in [5, 5.41) is 11.5. The molecule has 2 rings (SSSR count). The van der Waals surface area contributed by atoms with Crippen molar-refractivity contribution in [2.75, 3.05) is 5.32 Å². The van der Waals surface area contributed by atoms with E-state index in [0.717, 1.165) is 5.56 Å². The number of carbonyl (C=O) groups excluding carboxylic acids is 2. The zero-order valence-electron chi connectivity index (χ0n) is 11.1. The maximum atomic E-state index is 11.4. The maximum absolute atomic E-state index is 11.4. The number of para-hydroxylation sites is 1. The molecule has 1 aromatic heterocycles. The number of nitrogens with one attached hydrogen (secondary N) is 2. The van der Waals surface area contributed by atoms with Crippen LogP contribution >= 0.6 is 0 Å². The summed E-state index contributed by atoms with van der Waals surface area (Å²) in [7, 11) is 0. The monoisotopic (exact) mass is 283 g/mol. The Morgan fingerprint density at radius 2 is 1.76 bits per heavy atom. The SMILES string of the molecule is O=C(/N=N/C(=O)Nc1ccccc1)NCc1cccnc1. The molecule has 4 amide bonds. The Morgan fingerprint density at radius 1 is 1.00 bits per heavy atom. The topological polar surface area (TPSA) is 95.8 Å². The van der Waals surface area contributed by atoms with Gasteiger partial charge in [0.1, 0.15) is 0 Å². The second-order valence-corrected chi connectivity index (χ2v) is 4.02. The van der Waals surface area contributed by atoms with E-state index in [-0.39, 0.29) is 6.54 Å². The van der Waals surface area contributed by atoms with E-state index < -0.39 is 12.1 Å². The molecule has 2 aromatic rings. The molecule has 0 radical (unpaired) electrons. The zero-order valence-corrected chi connectivity index (χ0v) is 11.1. The van der Waals surface area contributed by atoms with E-state index in [1.165, 1.54) is 0 Å². The van der Waals surface area contributed by atoms with E-state index in [1.54, 1.807) is 42.7 Å². The number of hydrogen-bond donors (Lipinski definition) is 2. The molecule has 0 saturated heterocycles. The van der Waals surface area contributed by atoms with Crippen LogP contribution in [-0.2, 0) is 6.54 Å². The predicted octanol–water partition coefficient (Wildman–Crippen LogP) is 2.98. The second kappa shape index (κ2) is 7.49. The van der Waals surface area contributed by atoms with Crippen molar-refractivity contribution < 1.29 is 9.59 Å². The summed E-state index contributed by atoms with van der Waals surface area (Å²) in [5.41, 5.74) is 1.41. The molecule has 0 aliphatic heterocycles. The lowest BCUT2D eigenvalue weighted by atomic mass is 10.3. The van der Waals surface area contributed by atoms with Gasteiger partial charge in [-0.15, -0.1) is 0 Å². The van der Waals surface area contributed by atoms with Crippen molar-refractivity contribution in [2.24, 2.45) is 10.2 Å². The molecule has 0 atom stereocenters. The van der Waals surface area contributed by atoms with Gasteiger partial charge in [0.25, 0.3) is 0 Å². The van der Waals surface area contributed by atoms with Gasteiger partial charge in [0, 0.05) is 24.6 Å². The number of nitrogens with zero attached hydrogens (tertiary/aromatic N) is 3. The van der Waals surface area contributed by atoms with E-state index in [2.05, 4.69) is 25.8 Å². The third kappa shape index (κ3) is 5.19. The quantitative estimate of drug-likeness (QED) is 0.847. The molecule has 1 heterocycles. The number of aromatic nitrogens is 1. The van der Waals surface area contributed by atoms with Crippen LogP contribution in [0.1, 0.15) is 5.56 Å². The molecule has 0 bridgehead atoms. The van der Waals surface area contributed by atoms with Crippen molar-refractivity contribution >= 4 is 17.7 Å². The summed E-state index contributed by atoms with van der Waals surface area (Å²) < 4.78 is 0. The van der Waals surface area contributed by atoms with Gasteiger partial charge in [0.2, 0.25) is 0 Å². The summed E-state index contributed by atoms with van der Waals surface area (Å²) in [5.74, 6) is 0. The van der Waals surface area contributed by atoms with E-state index in [4.69, 9.17) is 0 Å². The highest BCUT2D eigenvalue weighted by Gasteiger charge is 2.02. The Kier molecular flexibility index (Phi) is 5.11. The van der Waals surface area contributed by atoms with Crippen molar-refractivity contribution in [3.63, 3.8) is 0 Å². The minimum absolute atomic E-state index is 0.270. The Balaban J connectivity index is 1.78. The fourth-order valence-corrected chi connectivity index (χ4v) is 1.48. The van der Waals surface area contributed by atoms with Gasteiger partial charge in [-0.1, -0.05) is 34.5 Å². The third-order valence-electron chi connectivity index (χ3n) is 2.42. The van der Waals surface area contributed by atoms with Gasteiger partial charge in [0.15, 0.2) is 0 Å². The first kappa shape index (κ1) is 14.3. The molecule has 21 heavy (non-hydrogen) atoms. The molecule has 0 aliphatic rings. The molecule has 7 heteroatoms. The molecule has 1 aromatic carbocycles. The van der Waals surface area contributed by atoms with Gasteiger partial charge >= 0.3 is 12.1 Å². The standard InChI is InChI=1S/C14H13N5O2/c20-13(16-10-11-5-4-8-15-9-11)18-19-14(21)17-12-6-2-1-3-7-12/h1-9H,10H2,(H,16,20)(H,17,21)/b19-18+. The molecule has 106 valence electrons. The van der Waals surface area contributed by atoms with Crippen LogP contribution in [0, 0.1) is 0 Å². The summed E-state index contributed by atoms with van der Waals surface area (Å²) in [6.07, 6.45) is 3.26. The average Bonchev–Trinajstić information content (AvgIpc) is 2.53. The van der Waals surface area contributed by atoms with Crippen molar-refractivity contribution in [3.05, 3.63) is 60.4 Å². The number of urea groups is 2. The van der Waals surface area contributed by atoms with Gasteiger partial charge in [0.05, 0.1) is 0 Å². The van der Waals surface area contributed by atoms with E-state index in [0.29, 0.717) is 5.69 Å². The van der Waals surface area contributed by atoms with Crippen LogP contribution in [-0.4, -0.2) is 17.0 Å². The summed E-state index contributed by atoms with van der Waals surface area (Å²) in [4.78, 5) is 26.7. The number of pyridine rings is 1. The molecule has 0 unspecified atom stereocenters. The highest BCUT2D eigenvalue weighted by molar-refractivity contribution is 5.90. The minimum Gasteiger partial charge on any atom is -0.331 e. The van der Waals surface area contributed by atoms with Crippen LogP contribution in [0.15, 0.2) is 65.1 Å². The molecular weight excluding hydrogens is 270 g/mol. The molecule has 0 aliphatic carbocycles. The van der Waals surface area contributed by atoms with Crippen molar-refractivity contribution in [1.29, 1.82) is 0 Å². The highest BCUT2D eigenvalue weighted by atomic mass is 16.2. The Labute approximate surface area is 121 Å². The van der Waals surface area contributed by atoms with Crippen molar-refractivity contribution in [3.8, 4) is 0 Å². The smallest absolute Gasteiger partial charge is 0.331 e. The normalized spacial score (nSPS) is 10.3. The fourth-order valence-electron chi connectivity index (χ4n) is 1.48.